The smallest absolute Gasteiger partial charge is 0.357 e. The molecule has 1 aromatic carbocycles. The summed E-state index contributed by atoms with van der Waals surface area (Å²) in [7, 11) is 0. The molecule has 0 atom stereocenters. The Hall–Kier alpha value is -2.76. The quantitative estimate of drug-likeness (QED) is 0.649. The summed E-state index contributed by atoms with van der Waals surface area (Å²) in [5.74, 6) is -0.730. The van der Waals surface area contributed by atoms with Crippen molar-refractivity contribution in [3.63, 3.8) is 0 Å². The second kappa shape index (κ2) is 6.86. The molecule has 0 radical (unpaired) electrons. The van der Waals surface area contributed by atoms with Gasteiger partial charge in [0.15, 0.2) is 11.3 Å². The van der Waals surface area contributed by atoms with E-state index in [0.717, 1.165) is 11.3 Å². The number of carbonyl (C=O) groups is 1. The van der Waals surface area contributed by atoms with E-state index in [1.807, 2.05) is 33.8 Å². The Morgan fingerprint density at radius 2 is 2.00 bits per heavy atom. The van der Waals surface area contributed by atoms with Crippen LogP contribution in [0.1, 0.15) is 54.1 Å². The van der Waals surface area contributed by atoms with Gasteiger partial charge in [0.05, 0.1) is 17.9 Å². The summed E-state index contributed by atoms with van der Waals surface area (Å²) in [5.41, 5.74) is 4.01. The fourth-order valence-corrected chi connectivity index (χ4v) is 3.11. The maximum atomic E-state index is 14.6. The fourth-order valence-electron chi connectivity index (χ4n) is 3.11. The van der Waals surface area contributed by atoms with Crippen LogP contribution in [0, 0.1) is 19.7 Å². The zero-order chi connectivity index (χ0) is 19.0. The van der Waals surface area contributed by atoms with E-state index in [1.165, 1.54) is 6.07 Å². The average molecular weight is 355 g/mol. The molecular weight excluding hydrogens is 333 g/mol. The number of fused-ring (bicyclic) bond motifs is 1. The molecule has 0 saturated heterocycles. The third kappa shape index (κ3) is 2.96. The van der Waals surface area contributed by atoms with Gasteiger partial charge in [0.25, 0.3) is 0 Å². The summed E-state index contributed by atoms with van der Waals surface area (Å²) in [5, 5.41) is 4.57. The molecule has 136 valence electrons. The molecule has 0 saturated carbocycles. The molecule has 6 heteroatoms. The normalized spacial score (nSPS) is 11.3. The van der Waals surface area contributed by atoms with Gasteiger partial charge in [-0.3, -0.25) is 0 Å². The van der Waals surface area contributed by atoms with Crippen molar-refractivity contribution in [3.8, 4) is 11.1 Å². The molecule has 3 aromatic rings. The lowest BCUT2D eigenvalue weighted by molar-refractivity contribution is 0.0519. The minimum atomic E-state index is -0.494. The highest BCUT2D eigenvalue weighted by molar-refractivity contribution is 5.90. The average Bonchev–Trinajstić information content (AvgIpc) is 2.90. The summed E-state index contributed by atoms with van der Waals surface area (Å²) < 4.78 is 21.4. The molecule has 0 N–H and O–H groups in total. The zero-order valence-electron chi connectivity index (χ0n) is 15.6. The van der Waals surface area contributed by atoms with Crippen molar-refractivity contribution in [2.45, 2.75) is 40.5 Å². The second-order valence-corrected chi connectivity index (χ2v) is 6.57. The molecule has 0 aliphatic carbocycles. The van der Waals surface area contributed by atoms with E-state index < -0.39 is 5.97 Å². The number of hydrogen-bond acceptors (Lipinski definition) is 4. The molecule has 5 nitrogen and oxygen atoms in total. The lowest BCUT2D eigenvalue weighted by Crippen LogP contribution is -2.12. The summed E-state index contributed by atoms with van der Waals surface area (Å²) in [4.78, 5) is 16.7. The van der Waals surface area contributed by atoms with Crippen molar-refractivity contribution in [2.24, 2.45) is 0 Å². The van der Waals surface area contributed by atoms with Gasteiger partial charge in [0.1, 0.15) is 5.82 Å². The minimum Gasteiger partial charge on any atom is -0.461 e. The van der Waals surface area contributed by atoms with Crippen molar-refractivity contribution < 1.29 is 13.9 Å². The number of benzene rings is 1. The molecule has 0 amide bonds. The van der Waals surface area contributed by atoms with Gasteiger partial charge in [-0.25, -0.2) is 18.7 Å². The number of aryl methyl sites for hydroxylation is 2. The van der Waals surface area contributed by atoms with Gasteiger partial charge in [-0.1, -0.05) is 26.0 Å². The Balaban J connectivity index is 2.38. The van der Waals surface area contributed by atoms with Gasteiger partial charge in [0, 0.05) is 11.3 Å². The molecule has 0 spiro atoms. The molecular formula is C20H22FN3O2. The highest BCUT2D eigenvalue weighted by Crippen LogP contribution is 2.33. The van der Waals surface area contributed by atoms with Gasteiger partial charge in [0.2, 0.25) is 0 Å². The van der Waals surface area contributed by atoms with E-state index in [9.17, 15) is 9.18 Å². The largest absolute Gasteiger partial charge is 0.461 e. The summed E-state index contributed by atoms with van der Waals surface area (Å²) in [6.07, 6.45) is 0. The van der Waals surface area contributed by atoms with Crippen LogP contribution in [0.3, 0.4) is 0 Å². The number of esters is 1. The molecule has 2 heterocycles. The van der Waals surface area contributed by atoms with Crippen LogP contribution in [-0.4, -0.2) is 27.2 Å². The van der Waals surface area contributed by atoms with Gasteiger partial charge < -0.3 is 4.74 Å². The molecule has 3 rings (SSSR count). The van der Waals surface area contributed by atoms with E-state index in [2.05, 4.69) is 10.1 Å². The van der Waals surface area contributed by atoms with Crippen LogP contribution >= 0.6 is 0 Å². The third-order valence-electron chi connectivity index (χ3n) is 4.34. The first-order chi connectivity index (χ1) is 12.3. The Labute approximate surface area is 151 Å². The molecule has 26 heavy (non-hydrogen) atoms. The third-order valence-corrected chi connectivity index (χ3v) is 4.34. The zero-order valence-corrected chi connectivity index (χ0v) is 15.6. The van der Waals surface area contributed by atoms with Crippen LogP contribution in [0.15, 0.2) is 24.3 Å². The van der Waals surface area contributed by atoms with Crippen molar-refractivity contribution in [1.29, 1.82) is 0 Å². The SMILES string of the molecule is CCOC(=O)c1cc(C(C)C)n2nc(C)c(-c3c(C)cccc3F)c2n1. The second-order valence-electron chi connectivity index (χ2n) is 6.57. The van der Waals surface area contributed by atoms with Crippen LogP contribution in [0.4, 0.5) is 4.39 Å². The first-order valence-electron chi connectivity index (χ1n) is 8.68. The summed E-state index contributed by atoms with van der Waals surface area (Å²) in [6.45, 7) is 9.70. The fraction of sp³-hybridized carbons (Fsp3) is 0.350. The van der Waals surface area contributed by atoms with E-state index in [-0.39, 0.29) is 24.0 Å². The van der Waals surface area contributed by atoms with Crippen LogP contribution in [0.2, 0.25) is 0 Å². The molecule has 0 fully saturated rings. The number of carbonyl (C=O) groups excluding carboxylic acids is 1. The molecule has 2 aromatic heterocycles. The Morgan fingerprint density at radius 1 is 1.27 bits per heavy atom. The van der Waals surface area contributed by atoms with E-state index in [4.69, 9.17) is 4.74 Å². The maximum Gasteiger partial charge on any atom is 0.357 e. The van der Waals surface area contributed by atoms with Crippen molar-refractivity contribution in [2.75, 3.05) is 6.61 Å². The summed E-state index contributed by atoms with van der Waals surface area (Å²) >= 11 is 0. The molecule has 0 bridgehead atoms. The predicted molar refractivity (Wildman–Crippen MR) is 97.9 cm³/mol. The van der Waals surface area contributed by atoms with E-state index >= 15 is 0 Å². The van der Waals surface area contributed by atoms with Crippen LogP contribution in [-0.2, 0) is 4.74 Å². The Kier molecular flexibility index (Phi) is 4.76. The van der Waals surface area contributed by atoms with Crippen LogP contribution < -0.4 is 0 Å². The number of rotatable bonds is 4. The maximum absolute atomic E-state index is 14.6. The van der Waals surface area contributed by atoms with Gasteiger partial charge >= 0.3 is 5.97 Å². The van der Waals surface area contributed by atoms with E-state index in [0.29, 0.717) is 22.5 Å². The molecule has 0 aliphatic rings. The van der Waals surface area contributed by atoms with Crippen molar-refractivity contribution >= 4 is 11.6 Å². The number of hydrogen-bond donors (Lipinski definition) is 0. The number of ether oxygens (including phenoxy) is 1. The Morgan fingerprint density at radius 3 is 2.62 bits per heavy atom. The lowest BCUT2D eigenvalue weighted by Gasteiger charge is -2.11. The monoisotopic (exact) mass is 355 g/mol. The first-order valence-corrected chi connectivity index (χ1v) is 8.68. The van der Waals surface area contributed by atoms with Crippen molar-refractivity contribution in [3.05, 3.63) is 52.7 Å². The lowest BCUT2D eigenvalue weighted by atomic mass is 10.00. The number of aromatic nitrogens is 3. The van der Waals surface area contributed by atoms with Crippen LogP contribution in [0.25, 0.3) is 16.8 Å². The standard InChI is InChI=1S/C20H22FN3O2/c1-6-26-20(25)15-10-16(11(2)3)24-19(22-15)18(13(5)23-24)17-12(4)8-7-9-14(17)21/h7-11H,6H2,1-5H3. The molecule has 0 unspecified atom stereocenters. The van der Waals surface area contributed by atoms with Crippen LogP contribution in [0.5, 0.6) is 0 Å². The Bertz CT molecular complexity index is 972. The van der Waals surface area contributed by atoms with Crippen molar-refractivity contribution in [1.82, 2.24) is 14.6 Å². The highest BCUT2D eigenvalue weighted by atomic mass is 19.1. The number of nitrogens with zero attached hydrogens (tertiary/aromatic N) is 3. The topological polar surface area (TPSA) is 56.5 Å². The van der Waals surface area contributed by atoms with Gasteiger partial charge in [-0.15, -0.1) is 0 Å². The van der Waals surface area contributed by atoms with Gasteiger partial charge in [-0.2, -0.15) is 5.10 Å². The minimum absolute atomic E-state index is 0.0996. The highest BCUT2D eigenvalue weighted by Gasteiger charge is 2.23. The first kappa shape index (κ1) is 18.0. The molecule has 0 aliphatic heterocycles. The predicted octanol–water partition coefficient (Wildman–Crippen LogP) is 4.45. The van der Waals surface area contributed by atoms with E-state index in [1.54, 1.807) is 23.6 Å². The summed E-state index contributed by atoms with van der Waals surface area (Å²) in [6, 6.07) is 6.63. The van der Waals surface area contributed by atoms with Gasteiger partial charge in [-0.05, 0) is 44.4 Å². The number of halogens is 1.